The van der Waals surface area contributed by atoms with E-state index < -0.39 is 30.2 Å². The molecule has 0 aliphatic rings. The summed E-state index contributed by atoms with van der Waals surface area (Å²) < 4.78 is 76.1. The number of nitrogen functional groups attached to an aromatic ring is 2. The molecule has 0 fully saturated rings. The van der Waals surface area contributed by atoms with E-state index in [9.17, 15) is 26.7 Å². The van der Waals surface area contributed by atoms with Gasteiger partial charge in [0.2, 0.25) is 0 Å². The van der Waals surface area contributed by atoms with E-state index in [1.165, 1.54) is 48.6 Å². The predicted octanol–water partition coefficient (Wildman–Crippen LogP) is 7.83. The lowest BCUT2D eigenvalue weighted by Gasteiger charge is -2.18. The molecule has 0 radical (unpaired) electrons. The molecule has 0 spiro atoms. The van der Waals surface area contributed by atoms with Crippen LogP contribution < -0.4 is 16.2 Å². The van der Waals surface area contributed by atoms with E-state index in [4.69, 9.17) is 20.9 Å². The first-order valence-electron chi connectivity index (χ1n) is 13.2. The molecule has 0 saturated heterocycles. The predicted molar refractivity (Wildman–Crippen MR) is 149 cm³/mol. The first-order valence-corrected chi connectivity index (χ1v) is 13.2. The molecule has 3 aromatic carbocycles. The minimum absolute atomic E-state index is 0.0929. The molecule has 0 aromatic heterocycles. The smallest absolute Gasteiger partial charge is 0.426 e. The van der Waals surface area contributed by atoms with E-state index in [-0.39, 0.29) is 25.2 Å². The summed E-state index contributed by atoms with van der Waals surface area (Å²) >= 11 is 0. The Hall–Kier alpha value is -4.08. The van der Waals surface area contributed by atoms with Crippen molar-refractivity contribution >= 4 is 23.4 Å². The Morgan fingerprint density at radius 3 is 2.17 bits per heavy atom. The minimum atomic E-state index is -4.24. The quantitative estimate of drug-likeness (QED) is 0.0671. The van der Waals surface area contributed by atoms with Gasteiger partial charge < -0.3 is 20.9 Å². The number of ether oxygens (including phenoxy) is 2. The van der Waals surface area contributed by atoms with E-state index in [2.05, 4.69) is 0 Å². The average molecular weight is 577 g/mol. The highest BCUT2D eigenvalue weighted by Crippen LogP contribution is 2.32. The van der Waals surface area contributed by atoms with E-state index in [0.29, 0.717) is 28.9 Å². The van der Waals surface area contributed by atoms with Crippen LogP contribution in [-0.2, 0) is 28.5 Å². The summed E-state index contributed by atoms with van der Waals surface area (Å²) in [5.41, 5.74) is 14.7. The molecule has 0 saturated carbocycles. The number of benzene rings is 3. The van der Waals surface area contributed by atoms with Gasteiger partial charge in [0.1, 0.15) is 5.75 Å². The SMILES string of the molecule is Nc1ccc(CCCCCOC(=O)/C=C/c2ccc(OC(F)(F)c3ccc(CCCC(F)(F)F)cc3)cc2)c(N)c1. The lowest BCUT2D eigenvalue weighted by molar-refractivity contribution is -0.185. The third-order valence-corrected chi connectivity index (χ3v) is 6.26. The summed E-state index contributed by atoms with van der Waals surface area (Å²) in [6.45, 7) is 0.275. The fourth-order valence-corrected chi connectivity index (χ4v) is 4.03. The molecule has 0 aliphatic heterocycles. The van der Waals surface area contributed by atoms with Gasteiger partial charge >= 0.3 is 18.3 Å². The van der Waals surface area contributed by atoms with Crippen LogP contribution in [0.2, 0.25) is 0 Å². The fourth-order valence-electron chi connectivity index (χ4n) is 4.03. The molecule has 3 rings (SSSR count). The second-order valence-electron chi connectivity index (χ2n) is 9.62. The minimum Gasteiger partial charge on any atom is -0.463 e. The molecule has 0 aliphatic carbocycles. The number of aryl methyl sites for hydroxylation is 2. The summed E-state index contributed by atoms with van der Waals surface area (Å²) in [5.74, 6) is -0.605. The molecule has 0 unspecified atom stereocenters. The number of rotatable bonds is 14. The maximum Gasteiger partial charge on any atom is 0.426 e. The monoisotopic (exact) mass is 576 g/mol. The Morgan fingerprint density at radius 1 is 0.805 bits per heavy atom. The maximum absolute atomic E-state index is 14.6. The van der Waals surface area contributed by atoms with Crippen molar-refractivity contribution in [2.75, 3.05) is 18.1 Å². The molecule has 10 heteroatoms. The van der Waals surface area contributed by atoms with Gasteiger partial charge in [-0.2, -0.15) is 22.0 Å². The van der Waals surface area contributed by atoms with Crippen LogP contribution in [0.5, 0.6) is 5.75 Å². The van der Waals surface area contributed by atoms with Crippen molar-refractivity contribution in [3.63, 3.8) is 0 Å². The Morgan fingerprint density at radius 2 is 1.51 bits per heavy atom. The Labute approximate surface area is 235 Å². The van der Waals surface area contributed by atoms with Gasteiger partial charge in [-0.25, -0.2) is 4.79 Å². The second kappa shape index (κ2) is 14.5. The summed E-state index contributed by atoms with van der Waals surface area (Å²) in [4.78, 5) is 12.0. The van der Waals surface area contributed by atoms with Crippen LogP contribution in [0.1, 0.15) is 54.4 Å². The van der Waals surface area contributed by atoms with Gasteiger partial charge in [0, 0.05) is 23.9 Å². The first-order chi connectivity index (χ1) is 19.4. The molecule has 41 heavy (non-hydrogen) atoms. The van der Waals surface area contributed by atoms with Gasteiger partial charge in [-0.1, -0.05) is 30.3 Å². The standard InChI is InChI=1S/C31H33F5N2O3/c32-30(33,34)19-4-5-22-7-13-25(14-8-22)31(35,36)41-27-16-9-23(10-17-27)11-18-29(39)40-20-3-1-2-6-24-12-15-26(37)21-28(24)38/h7-18,21H,1-6,19-20,37-38H2/b18-11+. The zero-order valence-electron chi connectivity index (χ0n) is 22.4. The Balaban J connectivity index is 1.38. The van der Waals surface area contributed by atoms with Crippen LogP contribution in [0.15, 0.2) is 72.8 Å². The number of hydrogen-bond acceptors (Lipinski definition) is 5. The second-order valence-corrected chi connectivity index (χ2v) is 9.62. The number of carbonyl (C=O) groups excluding carboxylic acids is 1. The number of hydrogen-bond donors (Lipinski definition) is 2. The number of anilines is 2. The molecule has 220 valence electrons. The van der Waals surface area contributed by atoms with Crippen molar-refractivity contribution in [1.82, 2.24) is 0 Å². The molecule has 5 nitrogen and oxygen atoms in total. The van der Waals surface area contributed by atoms with Gasteiger partial charge in [-0.3, -0.25) is 0 Å². The zero-order valence-corrected chi connectivity index (χ0v) is 22.4. The number of unbranched alkanes of at least 4 members (excludes halogenated alkanes) is 2. The molecular weight excluding hydrogens is 543 g/mol. The normalized spacial score (nSPS) is 12.0. The van der Waals surface area contributed by atoms with Crippen molar-refractivity contribution in [2.45, 2.75) is 57.2 Å². The highest BCUT2D eigenvalue weighted by atomic mass is 19.4. The van der Waals surface area contributed by atoms with Crippen molar-refractivity contribution in [3.8, 4) is 5.75 Å². The summed E-state index contributed by atoms with van der Waals surface area (Å²) in [6, 6.07) is 16.2. The third kappa shape index (κ3) is 11.1. The molecule has 0 atom stereocenters. The molecule has 3 aromatic rings. The number of esters is 1. The maximum atomic E-state index is 14.6. The average Bonchev–Trinajstić information content (AvgIpc) is 2.90. The molecule has 0 heterocycles. The van der Waals surface area contributed by atoms with Crippen LogP contribution in [0, 0.1) is 0 Å². The molecule has 0 amide bonds. The van der Waals surface area contributed by atoms with Gasteiger partial charge in [0.05, 0.1) is 12.2 Å². The number of nitrogens with two attached hydrogens (primary N) is 2. The molecule has 4 N–H and O–H groups in total. The summed E-state index contributed by atoms with van der Waals surface area (Å²) in [5, 5.41) is 0. The highest BCUT2D eigenvalue weighted by Gasteiger charge is 2.34. The number of halogens is 5. The molecule has 0 bridgehead atoms. The van der Waals surface area contributed by atoms with Crippen LogP contribution in [0.4, 0.5) is 33.3 Å². The highest BCUT2D eigenvalue weighted by molar-refractivity contribution is 5.87. The van der Waals surface area contributed by atoms with Crippen LogP contribution in [0.3, 0.4) is 0 Å². The summed E-state index contributed by atoms with van der Waals surface area (Å²) in [7, 11) is 0. The van der Waals surface area contributed by atoms with Crippen molar-refractivity contribution in [2.24, 2.45) is 0 Å². The van der Waals surface area contributed by atoms with Crippen LogP contribution >= 0.6 is 0 Å². The van der Waals surface area contributed by atoms with Crippen LogP contribution in [0.25, 0.3) is 6.08 Å². The van der Waals surface area contributed by atoms with Gasteiger partial charge in [-0.15, -0.1) is 0 Å². The van der Waals surface area contributed by atoms with Gasteiger partial charge in [-0.05, 0) is 97.7 Å². The first kappa shape index (κ1) is 31.4. The lowest BCUT2D eigenvalue weighted by atomic mass is 10.0. The Bertz CT molecular complexity index is 1290. The zero-order chi connectivity index (χ0) is 29.9. The fraction of sp³-hybridized carbons (Fsp3) is 0.323. The van der Waals surface area contributed by atoms with Gasteiger partial charge in [0.15, 0.2) is 0 Å². The van der Waals surface area contributed by atoms with E-state index in [1.807, 2.05) is 12.1 Å². The van der Waals surface area contributed by atoms with Crippen LogP contribution in [-0.4, -0.2) is 18.8 Å². The van der Waals surface area contributed by atoms with Crippen molar-refractivity contribution < 1.29 is 36.2 Å². The van der Waals surface area contributed by atoms with E-state index in [1.54, 1.807) is 6.07 Å². The van der Waals surface area contributed by atoms with Gasteiger partial charge in [0.25, 0.3) is 0 Å². The lowest BCUT2D eigenvalue weighted by Crippen LogP contribution is -2.21. The third-order valence-electron chi connectivity index (χ3n) is 6.26. The van der Waals surface area contributed by atoms with E-state index in [0.717, 1.165) is 37.0 Å². The number of alkyl halides is 5. The largest absolute Gasteiger partial charge is 0.463 e. The van der Waals surface area contributed by atoms with Crippen molar-refractivity contribution in [3.05, 3.63) is 95.1 Å². The summed E-state index contributed by atoms with van der Waals surface area (Å²) in [6.07, 6.45) is -2.76. The topological polar surface area (TPSA) is 87.6 Å². The van der Waals surface area contributed by atoms with Crippen molar-refractivity contribution in [1.29, 1.82) is 0 Å². The molecular formula is C31H33F5N2O3. The number of carbonyl (C=O) groups is 1. The van der Waals surface area contributed by atoms with E-state index >= 15 is 0 Å². The Kier molecular flexibility index (Phi) is 11.1.